The number of rotatable bonds is 3. The summed E-state index contributed by atoms with van der Waals surface area (Å²) in [6, 6.07) is 0. The molecule has 0 rings (SSSR count). The van der Waals surface area contributed by atoms with E-state index in [9.17, 15) is 9.59 Å². The Morgan fingerprint density at radius 3 is 2.82 bits per heavy atom. The van der Waals surface area contributed by atoms with E-state index in [1.165, 1.54) is 6.92 Å². The second kappa shape index (κ2) is 4.54. The molecule has 0 amide bonds. The quantitative estimate of drug-likeness (QED) is 0.199. The molecule has 11 heavy (non-hydrogen) atoms. The highest BCUT2D eigenvalue weighted by atomic mass is 16.5. The van der Waals surface area contributed by atoms with Crippen LogP contribution in [0.4, 0.5) is 0 Å². The maximum atomic E-state index is 10.6. The van der Waals surface area contributed by atoms with Crippen molar-refractivity contribution in [2.24, 2.45) is 0 Å². The van der Waals surface area contributed by atoms with E-state index in [4.69, 9.17) is 14.3 Å². The van der Waals surface area contributed by atoms with Crippen LogP contribution in [0, 0.1) is 0 Å². The zero-order valence-electron chi connectivity index (χ0n) is 6.96. The summed E-state index contributed by atoms with van der Waals surface area (Å²) in [4.78, 5) is 20.9. The molecule has 1 N–H and O–H groups in total. The molecule has 58 valence electrons. The van der Waals surface area contributed by atoms with Gasteiger partial charge < -0.3 is 9.84 Å². The van der Waals surface area contributed by atoms with E-state index in [0.29, 0.717) is 0 Å². The fraction of sp³-hybridized carbons (Fsp3) is 0.333. The Kier molecular flexibility index (Phi) is 3.24. The van der Waals surface area contributed by atoms with Crippen molar-refractivity contribution < 1.29 is 20.8 Å². The van der Waals surface area contributed by atoms with Crippen LogP contribution in [0.15, 0.2) is 11.2 Å². The lowest BCUT2D eigenvalue weighted by Gasteiger charge is -2.00. The predicted octanol–water partition coefficient (Wildman–Crippen LogP) is -0.314. The number of carbonyl (C=O) groups is 2. The lowest BCUT2D eigenvalue weighted by atomic mass is 9.96. The molecule has 0 aliphatic rings. The highest BCUT2D eigenvalue weighted by Crippen LogP contribution is 1.96. The second-order valence-electron chi connectivity index (χ2n) is 1.58. The molecule has 0 fully saturated rings. The van der Waals surface area contributed by atoms with Gasteiger partial charge in [-0.15, -0.1) is 0 Å². The van der Waals surface area contributed by atoms with Gasteiger partial charge in [0.2, 0.25) is 0 Å². The van der Waals surface area contributed by atoms with E-state index < -0.39 is 23.5 Å². The Morgan fingerprint density at radius 1 is 1.91 bits per heavy atom. The molecule has 4 nitrogen and oxygen atoms in total. The Hall–Kier alpha value is -1.26. The van der Waals surface area contributed by atoms with Crippen LogP contribution in [0.3, 0.4) is 0 Å². The molecule has 0 aromatic carbocycles. The number of aliphatic hydroxyl groups excluding tert-OH is 1. The average molecular weight is 155 g/mol. The SMILES string of the molecule is [2H]C(=O)/C([B])=C(\O)C(=O)OCC. The topological polar surface area (TPSA) is 63.6 Å². The zero-order valence-corrected chi connectivity index (χ0v) is 5.96. The summed E-state index contributed by atoms with van der Waals surface area (Å²) >= 11 is 0. The Labute approximate surface area is 66.7 Å². The van der Waals surface area contributed by atoms with Gasteiger partial charge in [-0.25, -0.2) is 4.79 Å². The molecule has 0 saturated carbocycles. The first-order valence-electron chi connectivity index (χ1n) is 3.37. The molecule has 0 aliphatic heterocycles. The number of ether oxygens (including phenoxy) is 1. The van der Waals surface area contributed by atoms with Crippen molar-refractivity contribution in [1.29, 1.82) is 0 Å². The molecular formula is C6H7BO4. The monoisotopic (exact) mass is 155 g/mol. The van der Waals surface area contributed by atoms with Gasteiger partial charge in [0.1, 0.15) is 15.5 Å². The molecule has 0 aliphatic carbocycles. The molecule has 0 aromatic rings. The number of allylic oxidation sites excluding steroid dienone is 1. The third-order valence-electron chi connectivity index (χ3n) is 0.834. The summed E-state index contributed by atoms with van der Waals surface area (Å²) in [6.07, 6.45) is -1.32. The van der Waals surface area contributed by atoms with Crippen LogP contribution < -0.4 is 0 Å². The van der Waals surface area contributed by atoms with E-state index >= 15 is 0 Å². The zero-order chi connectivity index (χ0) is 9.72. The van der Waals surface area contributed by atoms with Crippen molar-refractivity contribution in [3.05, 3.63) is 11.2 Å². The molecule has 0 spiro atoms. The van der Waals surface area contributed by atoms with Gasteiger partial charge in [0.05, 0.1) is 6.61 Å². The third-order valence-corrected chi connectivity index (χ3v) is 0.834. The molecule has 0 unspecified atom stereocenters. The number of hydrogen-bond donors (Lipinski definition) is 1. The molecule has 0 saturated heterocycles. The second-order valence-corrected chi connectivity index (χ2v) is 1.58. The lowest BCUT2D eigenvalue weighted by molar-refractivity contribution is -0.141. The number of hydrogen-bond acceptors (Lipinski definition) is 4. The van der Waals surface area contributed by atoms with Crippen molar-refractivity contribution >= 4 is 20.1 Å². The van der Waals surface area contributed by atoms with Crippen LogP contribution >= 0.6 is 0 Å². The van der Waals surface area contributed by atoms with Crippen molar-refractivity contribution in [3.63, 3.8) is 0 Å². The van der Waals surface area contributed by atoms with E-state index in [-0.39, 0.29) is 6.61 Å². The number of carbonyl (C=O) groups excluding carboxylic acids is 2. The highest BCUT2D eigenvalue weighted by Gasteiger charge is 2.10. The van der Waals surface area contributed by atoms with Crippen LogP contribution in [-0.2, 0) is 14.3 Å². The predicted molar refractivity (Wildman–Crippen MR) is 38.1 cm³/mol. The highest BCUT2D eigenvalue weighted by molar-refractivity contribution is 6.34. The van der Waals surface area contributed by atoms with E-state index in [1.807, 2.05) is 0 Å². The maximum absolute atomic E-state index is 10.6. The Morgan fingerprint density at radius 2 is 2.45 bits per heavy atom. The average Bonchev–Trinajstić information content (AvgIpc) is 2.02. The van der Waals surface area contributed by atoms with E-state index in [0.717, 1.165) is 0 Å². The number of aldehydes is 1. The van der Waals surface area contributed by atoms with Crippen molar-refractivity contribution in [3.8, 4) is 0 Å². The summed E-state index contributed by atoms with van der Waals surface area (Å²) < 4.78 is 10.8. The summed E-state index contributed by atoms with van der Waals surface area (Å²) in [5.74, 6) is -2.12. The van der Waals surface area contributed by atoms with Crippen LogP contribution in [0.1, 0.15) is 8.29 Å². The molecule has 0 aromatic heterocycles. The fourth-order valence-electron chi connectivity index (χ4n) is 0.358. The lowest BCUT2D eigenvalue weighted by Crippen LogP contribution is -2.10. The van der Waals surface area contributed by atoms with Crippen LogP contribution in [0.2, 0.25) is 0 Å². The van der Waals surface area contributed by atoms with Gasteiger partial charge in [-0.2, -0.15) is 0 Å². The van der Waals surface area contributed by atoms with Crippen molar-refractivity contribution in [2.75, 3.05) is 6.61 Å². The normalized spacial score (nSPS) is 13.0. The van der Waals surface area contributed by atoms with Gasteiger partial charge in [0, 0.05) is 0 Å². The molecule has 2 radical (unpaired) electrons. The van der Waals surface area contributed by atoms with E-state index in [1.54, 1.807) is 0 Å². The van der Waals surface area contributed by atoms with Gasteiger partial charge in [-0.1, -0.05) is 0 Å². The summed E-state index contributed by atoms with van der Waals surface area (Å²) in [6.45, 7) is 1.59. The minimum atomic E-state index is -1.32. The molecule has 0 heterocycles. The Balaban J connectivity index is 4.55. The van der Waals surface area contributed by atoms with Gasteiger partial charge in [-0.3, -0.25) is 4.79 Å². The van der Waals surface area contributed by atoms with Gasteiger partial charge >= 0.3 is 5.97 Å². The smallest absolute Gasteiger partial charge is 0.372 e. The third kappa shape index (κ3) is 2.88. The first kappa shape index (κ1) is 7.85. The van der Waals surface area contributed by atoms with Gasteiger partial charge in [0.15, 0.2) is 5.76 Å². The standard InChI is InChI=1S/C6H7BO4/c1-2-11-6(10)5(9)4(7)3-8/h3,9H,2H2,1H3/b5-4+/i3D. The molecule has 5 heteroatoms. The molecular weight excluding hydrogens is 147 g/mol. The Bertz CT molecular complexity index is 236. The van der Waals surface area contributed by atoms with Crippen LogP contribution in [0.25, 0.3) is 0 Å². The molecule has 0 atom stereocenters. The first-order chi connectivity index (χ1) is 5.50. The minimum Gasteiger partial charge on any atom is -0.502 e. The number of esters is 1. The van der Waals surface area contributed by atoms with E-state index in [2.05, 4.69) is 4.74 Å². The van der Waals surface area contributed by atoms with Gasteiger partial charge in [-0.05, 0) is 12.4 Å². The van der Waals surface area contributed by atoms with Crippen LogP contribution in [-0.4, -0.2) is 31.8 Å². The largest absolute Gasteiger partial charge is 0.502 e. The van der Waals surface area contributed by atoms with Crippen LogP contribution in [0.5, 0.6) is 0 Å². The minimum absolute atomic E-state index is 0.0579. The fourth-order valence-corrected chi connectivity index (χ4v) is 0.358. The number of aliphatic hydroxyl groups is 1. The molecule has 0 bridgehead atoms. The van der Waals surface area contributed by atoms with Crippen molar-refractivity contribution in [1.82, 2.24) is 0 Å². The summed E-state index contributed by atoms with van der Waals surface area (Å²) in [5.41, 5.74) is -0.812. The first-order valence-corrected chi connectivity index (χ1v) is 2.87. The summed E-state index contributed by atoms with van der Waals surface area (Å²) in [7, 11) is 4.88. The van der Waals surface area contributed by atoms with Gasteiger partial charge in [0.25, 0.3) is 0 Å². The summed E-state index contributed by atoms with van der Waals surface area (Å²) in [5, 5.41) is 8.83. The van der Waals surface area contributed by atoms with Crippen molar-refractivity contribution in [2.45, 2.75) is 6.92 Å². The maximum Gasteiger partial charge on any atom is 0.372 e.